The number of aromatic nitrogens is 1. The molecule has 0 fully saturated rings. The first-order chi connectivity index (χ1) is 13.7. The Morgan fingerprint density at radius 2 is 1.72 bits per heavy atom. The highest BCUT2D eigenvalue weighted by atomic mass is 32.2. The topological polar surface area (TPSA) is 80.3 Å². The van der Waals surface area contributed by atoms with Crippen LogP contribution in [-0.2, 0) is 10.0 Å². The molecule has 1 heterocycles. The second-order valence-corrected chi connectivity index (χ2v) is 9.32. The summed E-state index contributed by atoms with van der Waals surface area (Å²) in [5.41, 5.74) is 1.96. The molecule has 0 radical (unpaired) electrons. The van der Waals surface area contributed by atoms with Crippen molar-refractivity contribution in [2.75, 3.05) is 12.4 Å². The number of hydrogen-bond acceptors (Lipinski definition) is 5. The SMILES string of the molecule is COc1ccccc1-c1ccnc(Nc2cccc(S(=O)(=O)NC(C)(C)C)c2)c1. The van der Waals surface area contributed by atoms with Gasteiger partial charge in [-0.25, -0.2) is 18.1 Å². The fraction of sp³-hybridized carbons (Fsp3) is 0.227. The molecule has 1 aromatic heterocycles. The molecule has 0 saturated heterocycles. The molecule has 0 atom stereocenters. The van der Waals surface area contributed by atoms with Gasteiger partial charge in [-0.3, -0.25) is 0 Å². The molecular formula is C22H25N3O3S. The second kappa shape index (κ2) is 8.23. The smallest absolute Gasteiger partial charge is 0.241 e. The first-order valence-electron chi connectivity index (χ1n) is 9.18. The maximum absolute atomic E-state index is 12.6. The van der Waals surface area contributed by atoms with Gasteiger partial charge < -0.3 is 10.1 Å². The van der Waals surface area contributed by atoms with Crippen LogP contribution in [0, 0.1) is 0 Å². The Kier molecular flexibility index (Phi) is 5.91. The summed E-state index contributed by atoms with van der Waals surface area (Å²) in [6, 6.07) is 18.2. The molecule has 29 heavy (non-hydrogen) atoms. The molecule has 6 nitrogen and oxygen atoms in total. The van der Waals surface area contributed by atoms with Crippen LogP contribution < -0.4 is 14.8 Å². The van der Waals surface area contributed by atoms with Gasteiger partial charge in [-0.15, -0.1) is 0 Å². The van der Waals surface area contributed by atoms with Crippen LogP contribution in [0.1, 0.15) is 20.8 Å². The number of pyridine rings is 1. The number of methoxy groups -OCH3 is 1. The lowest BCUT2D eigenvalue weighted by Gasteiger charge is -2.20. The van der Waals surface area contributed by atoms with Crippen molar-refractivity contribution in [1.29, 1.82) is 0 Å². The van der Waals surface area contributed by atoms with Gasteiger partial charge in [0.15, 0.2) is 0 Å². The van der Waals surface area contributed by atoms with Crippen molar-refractivity contribution in [3.8, 4) is 16.9 Å². The third-order valence-electron chi connectivity index (χ3n) is 4.04. The minimum Gasteiger partial charge on any atom is -0.496 e. The van der Waals surface area contributed by atoms with Gasteiger partial charge in [0.25, 0.3) is 0 Å². The Bertz CT molecular complexity index is 1110. The highest BCUT2D eigenvalue weighted by Gasteiger charge is 2.22. The van der Waals surface area contributed by atoms with Crippen LogP contribution in [0.3, 0.4) is 0 Å². The van der Waals surface area contributed by atoms with Crippen LogP contribution in [0.5, 0.6) is 5.75 Å². The fourth-order valence-electron chi connectivity index (χ4n) is 2.90. The lowest BCUT2D eigenvalue weighted by atomic mass is 10.1. The van der Waals surface area contributed by atoms with Crippen LogP contribution in [-0.4, -0.2) is 26.1 Å². The van der Waals surface area contributed by atoms with Crippen LogP contribution >= 0.6 is 0 Å². The van der Waals surface area contributed by atoms with E-state index in [-0.39, 0.29) is 4.90 Å². The van der Waals surface area contributed by atoms with E-state index < -0.39 is 15.6 Å². The third-order valence-corrected chi connectivity index (χ3v) is 5.79. The molecule has 2 aromatic carbocycles. The van der Waals surface area contributed by atoms with Crippen molar-refractivity contribution in [3.63, 3.8) is 0 Å². The predicted molar refractivity (Wildman–Crippen MR) is 116 cm³/mol. The third kappa shape index (κ3) is 5.34. The molecule has 152 valence electrons. The number of benzene rings is 2. The number of nitrogens with one attached hydrogen (secondary N) is 2. The summed E-state index contributed by atoms with van der Waals surface area (Å²) in [7, 11) is -1.98. The van der Waals surface area contributed by atoms with Gasteiger partial charge in [-0.05, 0) is 62.7 Å². The van der Waals surface area contributed by atoms with E-state index in [2.05, 4.69) is 15.0 Å². The van der Waals surface area contributed by atoms with Crippen LogP contribution in [0.2, 0.25) is 0 Å². The van der Waals surface area contributed by atoms with E-state index in [0.717, 1.165) is 16.9 Å². The van der Waals surface area contributed by atoms with Crippen LogP contribution in [0.15, 0.2) is 71.8 Å². The highest BCUT2D eigenvalue weighted by Crippen LogP contribution is 2.31. The van der Waals surface area contributed by atoms with Crippen LogP contribution in [0.4, 0.5) is 11.5 Å². The summed E-state index contributed by atoms with van der Waals surface area (Å²) in [4.78, 5) is 4.54. The lowest BCUT2D eigenvalue weighted by Crippen LogP contribution is -2.40. The lowest BCUT2D eigenvalue weighted by molar-refractivity contribution is 0.416. The average molecular weight is 412 g/mol. The Morgan fingerprint density at radius 3 is 2.45 bits per heavy atom. The molecular weight excluding hydrogens is 386 g/mol. The minimum atomic E-state index is -3.62. The van der Waals surface area contributed by atoms with Crippen LogP contribution in [0.25, 0.3) is 11.1 Å². The van der Waals surface area contributed by atoms with Gasteiger partial charge in [0.05, 0.1) is 12.0 Å². The van der Waals surface area contributed by atoms with E-state index in [1.54, 1.807) is 58.3 Å². The van der Waals surface area contributed by atoms with Gasteiger partial charge >= 0.3 is 0 Å². The van der Waals surface area contributed by atoms with Crippen molar-refractivity contribution in [1.82, 2.24) is 9.71 Å². The molecule has 7 heteroatoms. The molecule has 2 N–H and O–H groups in total. The van der Waals surface area contributed by atoms with Gasteiger partial charge in [0.2, 0.25) is 10.0 Å². The fourth-order valence-corrected chi connectivity index (χ4v) is 4.36. The molecule has 0 saturated carbocycles. The molecule has 0 aliphatic carbocycles. The number of para-hydroxylation sites is 1. The van der Waals surface area contributed by atoms with Crippen molar-refractivity contribution in [2.45, 2.75) is 31.2 Å². The van der Waals surface area contributed by atoms with Crippen molar-refractivity contribution in [2.24, 2.45) is 0 Å². The highest BCUT2D eigenvalue weighted by molar-refractivity contribution is 7.89. The summed E-state index contributed by atoms with van der Waals surface area (Å²) in [5.74, 6) is 1.37. The summed E-state index contributed by atoms with van der Waals surface area (Å²) >= 11 is 0. The molecule has 0 aliphatic heterocycles. The van der Waals surface area contributed by atoms with Crippen molar-refractivity contribution >= 4 is 21.5 Å². The Labute approximate surface area is 172 Å². The standard InChI is InChI=1S/C22H25N3O3S/c1-22(2,3)25-29(26,27)18-9-7-8-17(15-18)24-21-14-16(12-13-23-21)19-10-5-6-11-20(19)28-4/h5-15,25H,1-4H3,(H,23,24). The largest absolute Gasteiger partial charge is 0.496 e. The molecule has 0 unspecified atom stereocenters. The quantitative estimate of drug-likeness (QED) is 0.621. The zero-order valence-electron chi connectivity index (χ0n) is 16.9. The zero-order valence-corrected chi connectivity index (χ0v) is 17.7. The van der Waals surface area contributed by atoms with Gasteiger partial charge in [0, 0.05) is 23.0 Å². The zero-order chi connectivity index (χ0) is 21.1. The monoisotopic (exact) mass is 411 g/mol. The second-order valence-electron chi connectivity index (χ2n) is 7.64. The number of sulfonamides is 1. The van der Waals surface area contributed by atoms with E-state index in [0.29, 0.717) is 11.5 Å². The number of hydrogen-bond donors (Lipinski definition) is 2. The summed E-state index contributed by atoms with van der Waals surface area (Å²) in [5, 5.41) is 3.18. The van der Waals surface area contributed by atoms with Gasteiger partial charge in [0.1, 0.15) is 11.6 Å². The maximum Gasteiger partial charge on any atom is 0.241 e. The molecule has 0 amide bonds. The van der Waals surface area contributed by atoms with Crippen molar-refractivity contribution < 1.29 is 13.2 Å². The van der Waals surface area contributed by atoms with E-state index >= 15 is 0 Å². The van der Waals surface area contributed by atoms with E-state index in [1.807, 2.05) is 36.4 Å². The number of nitrogens with zero attached hydrogens (tertiary/aromatic N) is 1. The molecule has 0 spiro atoms. The van der Waals surface area contributed by atoms with E-state index in [1.165, 1.54) is 0 Å². The van der Waals surface area contributed by atoms with E-state index in [4.69, 9.17) is 4.74 Å². The Morgan fingerprint density at radius 1 is 0.966 bits per heavy atom. The van der Waals surface area contributed by atoms with Crippen molar-refractivity contribution in [3.05, 3.63) is 66.9 Å². The molecule has 3 aromatic rings. The maximum atomic E-state index is 12.6. The molecule has 0 bridgehead atoms. The number of anilines is 2. The minimum absolute atomic E-state index is 0.193. The summed E-state index contributed by atoms with van der Waals surface area (Å²) in [6.07, 6.45) is 1.70. The summed E-state index contributed by atoms with van der Waals surface area (Å²) < 4.78 is 33.3. The van der Waals surface area contributed by atoms with Gasteiger partial charge in [-0.1, -0.05) is 24.3 Å². The first kappa shape index (κ1) is 20.8. The predicted octanol–water partition coefficient (Wildman–Crippen LogP) is 4.58. The molecule has 3 rings (SSSR count). The van der Waals surface area contributed by atoms with E-state index in [9.17, 15) is 8.42 Å². The average Bonchev–Trinajstić information content (AvgIpc) is 2.66. The van der Waals surface area contributed by atoms with Gasteiger partial charge in [-0.2, -0.15) is 0 Å². The summed E-state index contributed by atoms with van der Waals surface area (Å²) in [6.45, 7) is 5.42. The number of ether oxygens (including phenoxy) is 1. The normalized spacial score (nSPS) is 11.9. The Hall–Kier alpha value is -2.90. The Balaban J connectivity index is 1.88. The molecule has 0 aliphatic rings. The number of rotatable bonds is 6. The first-order valence-corrected chi connectivity index (χ1v) is 10.7.